The second-order valence-corrected chi connectivity index (χ2v) is 4.57. The van der Waals surface area contributed by atoms with Crippen LogP contribution in [0.15, 0.2) is 30.3 Å². The van der Waals surface area contributed by atoms with E-state index in [0.29, 0.717) is 0 Å². The molecule has 88 valence electrons. The number of rotatable bonds is 1. The zero-order chi connectivity index (χ0) is 12.6. The van der Waals surface area contributed by atoms with Crippen LogP contribution < -0.4 is 11.5 Å². The van der Waals surface area contributed by atoms with E-state index in [1.165, 1.54) is 11.1 Å². The molecule has 0 aliphatic heterocycles. The van der Waals surface area contributed by atoms with Crippen LogP contribution in [0.3, 0.4) is 0 Å². The Morgan fingerprint density at radius 3 is 2.24 bits per heavy atom. The third-order valence-electron chi connectivity index (χ3n) is 3.16. The van der Waals surface area contributed by atoms with Crippen molar-refractivity contribution in [2.24, 2.45) is 0 Å². The van der Waals surface area contributed by atoms with Crippen molar-refractivity contribution in [1.29, 1.82) is 0 Å². The summed E-state index contributed by atoms with van der Waals surface area (Å²) in [5.74, 6) is 0. The van der Waals surface area contributed by atoms with Crippen molar-refractivity contribution in [3.05, 3.63) is 47.0 Å². The molecule has 0 saturated carbocycles. The Balaban J connectivity index is 2.73. The molecule has 2 rings (SSSR count). The van der Waals surface area contributed by atoms with E-state index in [2.05, 4.69) is 26.0 Å². The monoisotopic (exact) mass is 226 g/mol. The molecule has 0 spiro atoms. The Morgan fingerprint density at radius 1 is 0.882 bits per heavy atom. The first kappa shape index (κ1) is 11.5. The third kappa shape index (κ3) is 1.98. The summed E-state index contributed by atoms with van der Waals surface area (Å²) in [5.41, 5.74) is 19.4. The fraction of sp³-hybridized carbons (Fsp3) is 0.200. The molecule has 0 amide bonds. The molecule has 0 unspecified atom stereocenters. The van der Waals surface area contributed by atoms with Gasteiger partial charge in [0, 0.05) is 16.9 Å². The first-order valence-corrected chi connectivity index (χ1v) is 5.73. The first-order chi connectivity index (χ1) is 8.00. The van der Waals surface area contributed by atoms with Crippen LogP contribution in [0.2, 0.25) is 0 Å². The van der Waals surface area contributed by atoms with Crippen LogP contribution in [0.25, 0.3) is 11.1 Å². The number of benzene rings is 2. The summed E-state index contributed by atoms with van der Waals surface area (Å²) >= 11 is 0. The van der Waals surface area contributed by atoms with E-state index >= 15 is 0 Å². The van der Waals surface area contributed by atoms with Gasteiger partial charge >= 0.3 is 0 Å². The summed E-state index contributed by atoms with van der Waals surface area (Å²) in [6, 6.07) is 10.1. The number of hydrogen-bond donors (Lipinski definition) is 2. The quantitative estimate of drug-likeness (QED) is 0.732. The van der Waals surface area contributed by atoms with Crippen LogP contribution in [0.5, 0.6) is 0 Å². The van der Waals surface area contributed by atoms with E-state index in [-0.39, 0.29) is 0 Å². The molecule has 17 heavy (non-hydrogen) atoms. The van der Waals surface area contributed by atoms with E-state index in [4.69, 9.17) is 11.5 Å². The van der Waals surface area contributed by atoms with Crippen molar-refractivity contribution in [2.75, 3.05) is 11.5 Å². The molecule has 2 aromatic rings. The maximum absolute atomic E-state index is 6.13. The highest BCUT2D eigenvalue weighted by Gasteiger charge is 2.10. The molecule has 0 fully saturated rings. The minimum atomic E-state index is 0.807. The van der Waals surface area contributed by atoms with Gasteiger partial charge < -0.3 is 11.5 Å². The van der Waals surface area contributed by atoms with Crippen molar-refractivity contribution >= 4 is 11.4 Å². The fourth-order valence-corrected chi connectivity index (χ4v) is 2.29. The van der Waals surface area contributed by atoms with Gasteiger partial charge in [0.25, 0.3) is 0 Å². The maximum Gasteiger partial charge on any atom is 0.0399 e. The summed E-state index contributed by atoms with van der Waals surface area (Å²) in [7, 11) is 0. The standard InChI is InChI=1S/C15H18N2/c1-9-7-10(2)15(14(17)8-9)12-5-4-6-13(16)11(12)3/h4-8H,16-17H2,1-3H3. The van der Waals surface area contributed by atoms with E-state index in [1.54, 1.807) is 0 Å². The summed E-state index contributed by atoms with van der Waals surface area (Å²) < 4.78 is 0. The van der Waals surface area contributed by atoms with Crippen LogP contribution in [0, 0.1) is 20.8 Å². The molecular formula is C15H18N2. The first-order valence-electron chi connectivity index (χ1n) is 5.73. The lowest BCUT2D eigenvalue weighted by molar-refractivity contribution is 1.36. The summed E-state index contributed by atoms with van der Waals surface area (Å²) in [5, 5.41) is 0. The highest BCUT2D eigenvalue weighted by Crippen LogP contribution is 2.34. The SMILES string of the molecule is Cc1cc(C)c(-c2cccc(N)c2C)c(N)c1. The van der Waals surface area contributed by atoms with Gasteiger partial charge in [0.05, 0.1) is 0 Å². The average molecular weight is 226 g/mol. The van der Waals surface area contributed by atoms with Gasteiger partial charge in [0.15, 0.2) is 0 Å². The Labute approximate surface area is 102 Å². The van der Waals surface area contributed by atoms with Gasteiger partial charge in [-0.3, -0.25) is 0 Å². The Bertz CT molecular complexity index is 548. The fourth-order valence-electron chi connectivity index (χ4n) is 2.29. The smallest absolute Gasteiger partial charge is 0.0399 e. The Morgan fingerprint density at radius 2 is 1.59 bits per heavy atom. The molecule has 0 heterocycles. The summed E-state index contributed by atoms with van der Waals surface area (Å²) in [4.78, 5) is 0. The van der Waals surface area contributed by atoms with Gasteiger partial charge in [-0.1, -0.05) is 18.2 Å². The second kappa shape index (κ2) is 4.13. The molecule has 2 heteroatoms. The van der Waals surface area contributed by atoms with Crippen molar-refractivity contribution in [3.63, 3.8) is 0 Å². The predicted molar refractivity (Wildman–Crippen MR) is 74.9 cm³/mol. The third-order valence-corrected chi connectivity index (χ3v) is 3.16. The lowest BCUT2D eigenvalue weighted by atomic mass is 9.93. The predicted octanol–water partition coefficient (Wildman–Crippen LogP) is 3.44. The lowest BCUT2D eigenvalue weighted by Crippen LogP contribution is -1.98. The number of aryl methyl sites for hydroxylation is 2. The van der Waals surface area contributed by atoms with Gasteiger partial charge in [0.2, 0.25) is 0 Å². The van der Waals surface area contributed by atoms with Crippen molar-refractivity contribution in [1.82, 2.24) is 0 Å². The number of hydrogen-bond acceptors (Lipinski definition) is 2. The number of nitrogens with two attached hydrogens (primary N) is 2. The number of anilines is 2. The van der Waals surface area contributed by atoms with Crippen LogP contribution >= 0.6 is 0 Å². The van der Waals surface area contributed by atoms with Crippen LogP contribution in [0.1, 0.15) is 16.7 Å². The van der Waals surface area contributed by atoms with Gasteiger partial charge in [-0.05, 0) is 55.2 Å². The van der Waals surface area contributed by atoms with Gasteiger partial charge in [-0.2, -0.15) is 0 Å². The molecule has 0 atom stereocenters. The molecule has 0 aromatic heterocycles. The molecule has 0 aliphatic carbocycles. The van der Waals surface area contributed by atoms with Crippen LogP contribution in [-0.2, 0) is 0 Å². The van der Waals surface area contributed by atoms with Gasteiger partial charge in [-0.15, -0.1) is 0 Å². The highest BCUT2D eigenvalue weighted by molar-refractivity contribution is 5.84. The zero-order valence-electron chi connectivity index (χ0n) is 10.5. The highest BCUT2D eigenvalue weighted by atomic mass is 14.6. The molecular weight excluding hydrogens is 208 g/mol. The maximum atomic E-state index is 6.13. The van der Waals surface area contributed by atoms with E-state index in [1.807, 2.05) is 25.1 Å². The van der Waals surface area contributed by atoms with Crippen molar-refractivity contribution in [2.45, 2.75) is 20.8 Å². The van der Waals surface area contributed by atoms with Gasteiger partial charge in [0.1, 0.15) is 0 Å². The van der Waals surface area contributed by atoms with Gasteiger partial charge in [-0.25, -0.2) is 0 Å². The lowest BCUT2D eigenvalue weighted by Gasteiger charge is -2.14. The summed E-state index contributed by atoms with van der Waals surface area (Å²) in [6.45, 7) is 6.17. The largest absolute Gasteiger partial charge is 0.398 e. The molecule has 0 saturated heterocycles. The minimum Gasteiger partial charge on any atom is -0.398 e. The van der Waals surface area contributed by atoms with E-state index in [9.17, 15) is 0 Å². The van der Waals surface area contributed by atoms with Crippen LogP contribution in [-0.4, -0.2) is 0 Å². The van der Waals surface area contributed by atoms with Crippen molar-refractivity contribution in [3.8, 4) is 11.1 Å². The molecule has 0 radical (unpaired) electrons. The Kier molecular flexibility index (Phi) is 2.80. The average Bonchev–Trinajstić information content (AvgIpc) is 2.23. The van der Waals surface area contributed by atoms with Crippen molar-refractivity contribution < 1.29 is 0 Å². The minimum absolute atomic E-state index is 0.807. The second-order valence-electron chi connectivity index (χ2n) is 4.57. The zero-order valence-corrected chi connectivity index (χ0v) is 10.5. The molecule has 2 nitrogen and oxygen atoms in total. The number of nitrogen functional groups attached to an aromatic ring is 2. The van der Waals surface area contributed by atoms with E-state index < -0.39 is 0 Å². The van der Waals surface area contributed by atoms with E-state index in [0.717, 1.165) is 28.1 Å². The molecule has 0 aliphatic rings. The molecule has 0 bridgehead atoms. The topological polar surface area (TPSA) is 52.0 Å². The van der Waals surface area contributed by atoms with Crippen LogP contribution in [0.4, 0.5) is 11.4 Å². The summed E-state index contributed by atoms with van der Waals surface area (Å²) in [6.07, 6.45) is 0. The normalized spacial score (nSPS) is 10.5. The Hall–Kier alpha value is -1.96. The molecule has 2 aromatic carbocycles. The molecule has 4 N–H and O–H groups in total.